The number of piperidine rings is 2. The predicted octanol–water partition coefficient (Wildman–Crippen LogP) is 3.86. The van der Waals surface area contributed by atoms with E-state index >= 15 is 0 Å². The second kappa shape index (κ2) is 10.2. The zero-order valence-corrected chi connectivity index (χ0v) is 19.5. The maximum atomic E-state index is 12.7. The van der Waals surface area contributed by atoms with Gasteiger partial charge in [0, 0.05) is 43.1 Å². The number of fused-ring (bicyclic) bond motifs is 1. The lowest BCUT2D eigenvalue weighted by Gasteiger charge is -2.47. The molecule has 0 bridgehead atoms. The minimum atomic E-state index is 0.0608. The van der Waals surface area contributed by atoms with Crippen molar-refractivity contribution in [2.45, 2.75) is 31.7 Å². The number of rotatable bonds is 7. The molecule has 0 unspecified atom stereocenters. The van der Waals surface area contributed by atoms with Gasteiger partial charge < -0.3 is 19.3 Å². The Labute approximate surface area is 193 Å². The number of hydrogen-bond donors (Lipinski definition) is 0. The Hall–Kier alpha value is -2.80. The first-order valence-corrected chi connectivity index (χ1v) is 12.0. The molecule has 7 heteroatoms. The summed E-state index contributed by atoms with van der Waals surface area (Å²) in [4.78, 5) is 30.5. The minimum Gasteiger partial charge on any atom is -0.493 e. The highest BCUT2D eigenvalue weighted by atomic mass is 32.1. The summed E-state index contributed by atoms with van der Waals surface area (Å²) in [7, 11) is 3.25. The van der Waals surface area contributed by atoms with Gasteiger partial charge in [0.05, 0.1) is 14.2 Å². The Morgan fingerprint density at radius 1 is 1.19 bits per heavy atom. The maximum Gasteiger partial charge on any atom is 0.246 e. The van der Waals surface area contributed by atoms with E-state index in [4.69, 9.17) is 9.47 Å². The molecule has 2 aromatic rings. The van der Waals surface area contributed by atoms with Crippen LogP contribution in [0.25, 0.3) is 6.08 Å². The van der Waals surface area contributed by atoms with E-state index < -0.39 is 0 Å². The average molecular weight is 455 g/mol. The summed E-state index contributed by atoms with van der Waals surface area (Å²) >= 11 is 1.62. The van der Waals surface area contributed by atoms with Crippen LogP contribution in [0.4, 0.5) is 0 Å². The Morgan fingerprint density at radius 3 is 2.78 bits per heavy atom. The van der Waals surface area contributed by atoms with Crippen LogP contribution in [-0.4, -0.2) is 61.5 Å². The second-order valence-electron chi connectivity index (χ2n) is 8.31. The monoisotopic (exact) mass is 454 g/mol. The predicted molar refractivity (Wildman–Crippen MR) is 126 cm³/mol. The van der Waals surface area contributed by atoms with E-state index in [-0.39, 0.29) is 17.9 Å². The van der Waals surface area contributed by atoms with E-state index in [1.807, 2.05) is 51.6 Å². The molecule has 0 aliphatic carbocycles. The molecule has 0 saturated carbocycles. The highest BCUT2D eigenvalue weighted by molar-refractivity contribution is 7.10. The fraction of sp³-hybridized carbons (Fsp3) is 0.440. The number of benzene rings is 1. The molecule has 0 radical (unpaired) electrons. The first-order valence-electron chi connectivity index (χ1n) is 11.1. The van der Waals surface area contributed by atoms with E-state index in [1.165, 1.54) is 0 Å². The lowest BCUT2D eigenvalue weighted by Crippen LogP contribution is -2.57. The van der Waals surface area contributed by atoms with E-state index in [1.54, 1.807) is 31.6 Å². The molecule has 32 heavy (non-hydrogen) atoms. The van der Waals surface area contributed by atoms with Crippen molar-refractivity contribution < 1.29 is 19.1 Å². The number of thiophene rings is 1. The van der Waals surface area contributed by atoms with Gasteiger partial charge in [0.15, 0.2) is 11.5 Å². The van der Waals surface area contributed by atoms with Gasteiger partial charge in [0.25, 0.3) is 0 Å². The van der Waals surface area contributed by atoms with Gasteiger partial charge in [-0.2, -0.15) is 0 Å². The third-order valence-corrected chi connectivity index (χ3v) is 7.32. The molecule has 0 spiro atoms. The SMILES string of the molecule is COc1ccc(CCN2C(=O)CC[C@@H]3CN(C(=O)C=Cc4cccs4)CC[C@@H]32)cc1OC. The van der Waals surface area contributed by atoms with Crippen molar-refractivity contribution in [3.63, 3.8) is 0 Å². The summed E-state index contributed by atoms with van der Waals surface area (Å²) in [5, 5.41) is 2.01. The van der Waals surface area contributed by atoms with Gasteiger partial charge >= 0.3 is 0 Å². The van der Waals surface area contributed by atoms with Crippen LogP contribution in [-0.2, 0) is 16.0 Å². The number of carbonyl (C=O) groups excluding carboxylic acids is 2. The normalized spacial score (nSPS) is 21.0. The molecule has 1 aromatic carbocycles. The van der Waals surface area contributed by atoms with Crippen molar-refractivity contribution in [2.75, 3.05) is 33.9 Å². The number of ether oxygens (including phenoxy) is 2. The fourth-order valence-corrected chi connectivity index (χ4v) is 5.39. The van der Waals surface area contributed by atoms with Gasteiger partial charge in [0.1, 0.15) is 0 Å². The van der Waals surface area contributed by atoms with Gasteiger partial charge in [-0.25, -0.2) is 0 Å². The summed E-state index contributed by atoms with van der Waals surface area (Å²) in [5.74, 6) is 2.03. The molecule has 2 aliphatic rings. The Morgan fingerprint density at radius 2 is 2.03 bits per heavy atom. The van der Waals surface area contributed by atoms with Gasteiger partial charge in [-0.3, -0.25) is 9.59 Å². The van der Waals surface area contributed by atoms with E-state index in [0.717, 1.165) is 36.2 Å². The van der Waals surface area contributed by atoms with E-state index in [0.29, 0.717) is 36.9 Å². The first-order chi connectivity index (χ1) is 15.6. The van der Waals surface area contributed by atoms with Crippen molar-refractivity contribution >= 4 is 29.2 Å². The van der Waals surface area contributed by atoms with Crippen molar-refractivity contribution in [3.8, 4) is 11.5 Å². The lowest BCUT2D eigenvalue weighted by molar-refractivity contribution is -0.142. The standard InChI is InChI=1S/C25H30N2O4S/c1-30-22-8-5-18(16-23(22)31-2)11-14-27-21-12-13-26(17-19(21)6-9-25(27)29)24(28)10-7-20-4-3-15-32-20/h3-5,7-8,10,15-16,19,21H,6,9,11-14,17H2,1-2H3/t19-,21+/m1/s1. The first kappa shape index (κ1) is 22.4. The van der Waals surface area contributed by atoms with Crippen LogP contribution in [0, 0.1) is 5.92 Å². The second-order valence-corrected chi connectivity index (χ2v) is 9.29. The van der Waals surface area contributed by atoms with Crippen LogP contribution in [0.1, 0.15) is 29.7 Å². The summed E-state index contributed by atoms with van der Waals surface area (Å²) in [5.41, 5.74) is 1.11. The average Bonchev–Trinajstić information content (AvgIpc) is 3.35. The van der Waals surface area contributed by atoms with E-state index in [2.05, 4.69) is 0 Å². The van der Waals surface area contributed by atoms with Crippen molar-refractivity contribution in [1.29, 1.82) is 0 Å². The molecule has 0 N–H and O–H groups in total. The fourth-order valence-electron chi connectivity index (χ4n) is 4.77. The van der Waals surface area contributed by atoms with Crippen molar-refractivity contribution in [2.24, 2.45) is 5.92 Å². The van der Waals surface area contributed by atoms with Crippen molar-refractivity contribution in [3.05, 3.63) is 52.2 Å². The van der Waals surface area contributed by atoms with Crippen LogP contribution in [0.3, 0.4) is 0 Å². The van der Waals surface area contributed by atoms with Gasteiger partial charge in [-0.15, -0.1) is 11.3 Å². The molecule has 2 atom stereocenters. The van der Waals surface area contributed by atoms with Crippen LogP contribution < -0.4 is 9.47 Å². The topological polar surface area (TPSA) is 59.1 Å². The molecule has 170 valence electrons. The van der Waals surface area contributed by atoms with E-state index in [9.17, 15) is 9.59 Å². The van der Waals surface area contributed by atoms with Crippen LogP contribution in [0.2, 0.25) is 0 Å². The summed E-state index contributed by atoms with van der Waals surface area (Å²) in [6.45, 7) is 2.09. The smallest absolute Gasteiger partial charge is 0.246 e. The number of nitrogens with zero attached hydrogens (tertiary/aromatic N) is 2. The number of methoxy groups -OCH3 is 2. The largest absolute Gasteiger partial charge is 0.493 e. The third-order valence-electron chi connectivity index (χ3n) is 6.48. The molecule has 2 saturated heterocycles. The Bertz CT molecular complexity index is 972. The summed E-state index contributed by atoms with van der Waals surface area (Å²) < 4.78 is 10.7. The van der Waals surface area contributed by atoms with Gasteiger partial charge in [-0.1, -0.05) is 12.1 Å². The molecule has 2 amide bonds. The zero-order valence-electron chi connectivity index (χ0n) is 18.7. The molecule has 1 aromatic heterocycles. The molecule has 6 nitrogen and oxygen atoms in total. The molecule has 2 fully saturated rings. The highest BCUT2D eigenvalue weighted by Crippen LogP contribution is 2.32. The maximum absolute atomic E-state index is 12.7. The Kier molecular flexibility index (Phi) is 7.15. The van der Waals surface area contributed by atoms with Gasteiger partial charge in [0.2, 0.25) is 11.8 Å². The molecule has 3 heterocycles. The molecule has 2 aliphatic heterocycles. The lowest BCUT2D eigenvalue weighted by atomic mass is 9.83. The minimum absolute atomic E-state index is 0.0608. The number of amides is 2. The summed E-state index contributed by atoms with van der Waals surface area (Å²) in [6.07, 6.45) is 6.57. The van der Waals surface area contributed by atoms with Crippen LogP contribution in [0.15, 0.2) is 41.8 Å². The molecular weight excluding hydrogens is 424 g/mol. The Balaban J connectivity index is 1.37. The number of hydrogen-bond acceptors (Lipinski definition) is 5. The van der Waals surface area contributed by atoms with Crippen molar-refractivity contribution in [1.82, 2.24) is 9.80 Å². The quantitative estimate of drug-likeness (QED) is 0.596. The van der Waals surface area contributed by atoms with Gasteiger partial charge in [-0.05, 0) is 60.4 Å². The third kappa shape index (κ3) is 4.99. The van der Waals surface area contributed by atoms with Crippen LogP contribution in [0.5, 0.6) is 11.5 Å². The zero-order chi connectivity index (χ0) is 22.5. The summed E-state index contributed by atoms with van der Waals surface area (Å²) in [6, 6.07) is 10.1. The molecule has 4 rings (SSSR count). The number of carbonyl (C=O) groups is 2. The number of likely N-dealkylation sites (tertiary alicyclic amines) is 2. The molecular formula is C25H30N2O4S. The van der Waals surface area contributed by atoms with Crippen LogP contribution >= 0.6 is 11.3 Å². The highest BCUT2D eigenvalue weighted by Gasteiger charge is 2.39.